The van der Waals surface area contributed by atoms with Crippen molar-refractivity contribution in [3.8, 4) is 0 Å². The minimum atomic E-state index is 0.504. The molecule has 92 valence electrons. The number of likely N-dealkylation sites (N-methyl/N-ethyl adjacent to an activating group) is 1. The van der Waals surface area contributed by atoms with E-state index < -0.39 is 0 Å². The second-order valence-corrected chi connectivity index (χ2v) is 4.52. The molecule has 1 heterocycles. The SMILES string of the molecule is CCN(C)CC(C)NCc1cnn(C)c1C. The lowest BCUT2D eigenvalue weighted by Crippen LogP contribution is -2.37. The van der Waals surface area contributed by atoms with E-state index in [-0.39, 0.29) is 0 Å². The Balaban J connectivity index is 2.37. The largest absolute Gasteiger partial charge is 0.309 e. The second-order valence-electron chi connectivity index (χ2n) is 4.52. The van der Waals surface area contributed by atoms with Gasteiger partial charge in [-0.2, -0.15) is 5.10 Å². The van der Waals surface area contributed by atoms with Crippen LogP contribution in [-0.2, 0) is 13.6 Å². The highest BCUT2D eigenvalue weighted by Crippen LogP contribution is 2.05. The van der Waals surface area contributed by atoms with Crippen molar-refractivity contribution in [1.29, 1.82) is 0 Å². The lowest BCUT2D eigenvalue weighted by atomic mass is 10.2. The number of nitrogens with one attached hydrogen (secondary N) is 1. The average Bonchev–Trinajstić information content (AvgIpc) is 2.57. The Bertz CT molecular complexity index is 319. The molecule has 1 rings (SSSR count). The quantitative estimate of drug-likeness (QED) is 0.787. The van der Waals surface area contributed by atoms with Crippen LogP contribution >= 0.6 is 0 Å². The fraction of sp³-hybridized carbons (Fsp3) is 0.750. The van der Waals surface area contributed by atoms with E-state index in [1.807, 2.05) is 17.9 Å². The minimum Gasteiger partial charge on any atom is -0.309 e. The average molecular weight is 224 g/mol. The lowest BCUT2D eigenvalue weighted by molar-refractivity contribution is 0.309. The molecule has 1 aromatic rings. The number of nitrogens with zero attached hydrogens (tertiary/aromatic N) is 3. The summed E-state index contributed by atoms with van der Waals surface area (Å²) in [5.74, 6) is 0. The first-order valence-electron chi connectivity index (χ1n) is 5.94. The molecule has 0 saturated heterocycles. The van der Waals surface area contributed by atoms with Crippen LogP contribution in [-0.4, -0.2) is 40.9 Å². The highest BCUT2D eigenvalue weighted by molar-refractivity contribution is 5.15. The molecule has 0 aliphatic rings. The van der Waals surface area contributed by atoms with Crippen LogP contribution in [0.5, 0.6) is 0 Å². The summed E-state index contributed by atoms with van der Waals surface area (Å²) in [7, 11) is 4.13. The second kappa shape index (κ2) is 6.01. The number of rotatable bonds is 6. The van der Waals surface area contributed by atoms with Gasteiger partial charge in [-0.1, -0.05) is 6.92 Å². The molecule has 0 saturated carbocycles. The van der Waals surface area contributed by atoms with Gasteiger partial charge in [-0.3, -0.25) is 4.68 Å². The summed E-state index contributed by atoms with van der Waals surface area (Å²) < 4.78 is 1.92. The van der Waals surface area contributed by atoms with E-state index in [1.165, 1.54) is 11.3 Å². The van der Waals surface area contributed by atoms with Gasteiger partial charge in [-0.15, -0.1) is 0 Å². The molecule has 0 spiro atoms. The Morgan fingerprint density at radius 1 is 1.56 bits per heavy atom. The number of aromatic nitrogens is 2. The summed E-state index contributed by atoms with van der Waals surface area (Å²) in [6.45, 7) is 9.58. The molecule has 16 heavy (non-hydrogen) atoms. The first-order valence-corrected chi connectivity index (χ1v) is 5.94. The van der Waals surface area contributed by atoms with Crippen molar-refractivity contribution in [1.82, 2.24) is 20.0 Å². The van der Waals surface area contributed by atoms with E-state index in [2.05, 4.69) is 43.1 Å². The van der Waals surface area contributed by atoms with Crippen LogP contribution in [0.2, 0.25) is 0 Å². The fourth-order valence-electron chi connectivity index (χ4n) is 1.66. The molecule has 1 unspecified atom stereocenters. The predicted octanol–water partition coefficient (Wildman–Crippen LogP) is 1.16. The third-order valence-corrected chi connectivity index (χ3v) is 3.10. The van der Waals surface area contributed by atoms with E-state index >= 15 is 0 Å². The van der Waals surface area contributed by atoms with E-state index in [0.29, 0.717) is 6.04 Å². The van der Waals surface area contributed by atoms with Crippen molar-refractivity contribution in [2.24, 2.45) is 7.05 Å². The minimum absolute atomic E-state index is 0.504. The Morgan fingerprint density at radius 2 is 2.25 bits per heavy atom. The van der Waals surface area contributed by atoms with Crippen LogP contribution in [0.1, 0.15) is 25.1 Å². The maximum Gasteiger partial charge on any atom is 0.0537 e. The number of hydrogen-bond acceptors (Lipinski definition) is 3. The molecule has 0 bridgehead atoms. The highest BCUT2D eigenvalue weighted by Gasteiger charge is 2.07. The van der Waals surface area contributed by atoms with Gasteiger partial charge >= 0.3 is 0 Å². The third-order valence-electron chi connectivity index (χ3n) is 3.10. The van der Waals surface area contributed by atoms with E-state index in [9.17, 15) is 0 Å². The van der Waals surface area contributed by atoms with Crippen molar-refractivity contribution in [2.75, 3.05) is 20.1 Å². The monoisotopic (exact) mass is 224 g/mol. The van der Waals surface area contributed by atoms with Gasteiger partial charge in [0.15, 0.2) is 0 Å². The summed E-state index contributed by atoms with van der Waals surface area (Å²) >= 11 is 0. The molecule has 0 aromatic carbocycles. The Hall–Kier alpha value is -0.870. The van der Waals surface area contributed by atoms with Gasteiger partial charge in [-0.05, 0) is 27.4 Å². The van der Waals surface area contributed by atoms with Crippen LogP contribution in [0.3, 0.4) is 0 Å². The molecular formula is C12H24N4. The number of hydrogen-bond donors (Lipinski definition) is 1. The van der Waals surface area contributed by atoms with Crippen LogP contribution in [0.25, 0.3) is 0 Å². The predicted molar refractivity (Wildman–Crippen MR) is 67.4 cm³/mol. The van der Waals surface area contributed by atoms with Crippen molar-refractivity contribution in [2.45, 2.75) is 33.4 Å². The van der Waals surface area contributed by atoms with Gasteiger partial charge in [0.25, 0.3) is 0 Å². The van der Waals surface area contributed by atoms with Crippen LogP contribution in [0.15, 0.2) is 6.20 Å². The van der Waals surface area contributed by atoms with Crippen LogP contribution < -0.4 is 5.32 Å². The van der Waals surface area contributed by atoms with E-state index in [1.54, 1.807) is 0 Å². The van der Waals surface area contributed by atoms with Gasteiger partial charge in [0.1, 0.15) is 0 Å². The topological polar surface area (TPSA) is 33.1 Å². The molecule has 1 atom stereocenters. The molecule has 0 aliphatic carbocycles. The fourth-order valence-corrected chi connectivity index (χ4v) is 1.66. The molecule has 4 heteroatoms. The van der Waals surface area contributed by atoms with Gasteiger partial charge in [-0.25, -0.2) is 0 Å². The first-order chi connectivity index (χ1) is 7.54. The van der Waals surface area contributed by atoms with E-state index in [0.717, 1.165) is 19.6 Å². The maximum atomic E-state index is 4.24. The molecule has 0 fully saturated rings. The van der Waals surface area contributed by atoms with Crippen LogP contribution in [0.4, 0.5) is 0 Å². The van der Waals surface area contributed by atoms with Gasteiger partial charge in [0, 0.05) is 37.4 Å². The highest BCUT2D eigenvalue weighted by atomic mass is 15.3. The molecule has 0 aliphatic heterocycles. The van der Waals surface area contributed by atoms with Crippen LogP contribution in [0, 0.1) is 6.92 Å². The van der Waals surface area contributed by atoms with E-state index in [4.69, 9.17) is 0 Å². The molecule has 0 amide bonds. The smallest absolute Gasteiger partial charge is 0.0537 e. The normalized spacial score (nSPS) is 13.4. The van der Waals surface area contributed by atoms with Gasteiger partial charge in [0.05, 0.1) is 6.20 Å². The lowest BCUT2D eigenvalue weighted by Gasteiger charge is -2.20. The third kappa shape index (κ3) is 3.61. The molecule has 0 radical (unpaired) electrons. The summed E-state index contributed by atoms with van der Waals surface area (Å²) in [4.78, 5) is 2.31. The first kappa shape index (κ1) is 13.2. The zero-order valence-electron chi connectivity index (χ0n) is 11.1. The van der Waals surface area contributed by atoms with Gasteiger partial charge < -0.3 is 10.2 Å². The van der Waals surface area contributed by atoms with Crippen molar-refractivity contribution in [3.63, 3.8) is 0 Å². The Labute approximate surface area is 98.6 Å². The van der Waals surface area contributed by atoms with Crippen molar-refractivity contribution >= 4 is 0 Å². The Kier molecular flexibility index (Phi) is 4.96. The summed E-state index contributed by atoms with van der Waals surface area (Å²) in [6.07, 6.45) is 1.94. The molecule has 1 N–H and O–H groups in total. The summed E-state index contributed by atoms with van der Waals surface area (Å²) in [6, 6.07) is 0.504. The van der Waals surface area contributed by atoms with Gasteiger partial charge in [0.2, 0.25) is 0 Å². The summed E-state index contributed by atoms with van der Waals surface area (Å²) in [5.41, 5.74) is 2.53. The zero-order valence-corrected chi connectivity index (χ0v) is 11.1. The maximum absolute atomic E-state index is 4.24. The Morgan fingerprint density at radius 3 is 2.75 bits per heavy atom. The standard InChI is InChI=1S/C12H24N4/c1-6-15(4)9-10(2)13-7-12-8-14-16(5)11(12)3/h8,10,13H,6-7,9H2,1-5H3. The number of aryl methyl sites for hydroxylation is 1. The zero-order chi connectivity index (χ0) is 12.1. The summed E-state index contributed by atoms with van der Waals surface area (Å²) in [5, 5.41) is 7.76. The molecular weight excluding hydrogens is 200 g/mol. The van der Waals surface area contributed by atoms with Crippen molar-refractivity contribution in [3.05, 3.63) is 17.5 Å². The molecule has 4 nitrogen and oxygen atoms in total. The van der Waals surface area contributed by atoms with Crippen molar-refractivity contribution < 1.29 is 0 Å². The molecule has 1 aromatic heterocycles.